The Kier molecular flexibility index (Phi) is 6.57. The Labute approximate surface area is 116 Å². The van der Waals surface area contributed by atoms with E-state index in [9.17, 15) is 4.79 Å². The minimum atomic E-state index is -0.503. The van der Waals surface area contributed by atoms with Gasteiger partial charge in [-0.1, -0.05) is 43.7 Å². The van der Waals surface area contributed by atoms with Crippen molar-refractivity contribution >= 4 is 5.97 Å². The Bertz CT molecular complexity index is 384. The van der Waals surface area contributed by atoms with Gasteiger partial charge in [0.05, 0.1) is 6.61 Å². The molecule has 3 nitrogen and oxygen atoms in total. The zero-order valence-corrected chi connectivity index (χ0v) is 12.2. The molecular weight excluding hydrogens is 238 g/mol. The fraction of sp³-hybridized carbons (Fsp3) is 0.562. The normalized spacial score (nSPS) is 12.5. The smallest absolute Gasteiger partial charge is 0.323 e. The van der Waals surface area contributed by atoms with E-state index in [2.05, 4.69) is 31.2 Å². The second kappa shape index (κ2) is 7.95. The summed E-state index contributed by atoms with van der Waals surface area (Å²) in [6.45, 7) is 6.39. The van der Waals surface area contributed by atoms with Crippen molar-refractivity contribution in [2.45, 2.75) is 46.1 Å². The van der Waals surface area contributed by atoms with Crippen molar-refractivity contribution in [1.29, 1.82) is 0 Å². The Morgan fingerprint density at radius 3 is 2.42 bits per heavy atom. The first kappa shape index (κ1) is 15.7. The molecule has 2 N–H and O–H groups in total. The summed E-state index contributed by atoms with van der Waals surface area (Å²) >= 11 is 0. The lowest BCUT2D eigenvalue weighted by atomic mass is 10.1. The van der Waals surface area contributed by atoms with Gasteiger partial charge in [0.1, 0.15) is 6.04 Å². The van der Waals surface area contributed by atoms with Crippen LogP contribution in [-0.2, 0) is 16.0 Å². The number of rotatable bonds is 7. The van der Waals surface area contributed by atoms with Crippen LogP contribution in [0.1, 0.15) is 37.8 Å². The van der Waals surface area contributed by atoms with Crippen molar-refractivity contribution in [3.8, 4) is 0 Å². The van der Waals surface area contributed by atoms with E-state index in [4.69, 9.17) is 10.5 Å². The topological polar surface area (TPSA) is 52.3 Å². The molecule has 0 unspecified atom stereocenters. The van der Waals surface area contributed by atoms with Gasteiger partial charge in [-0.25, -0.2) is 0 Å². The van der Waals surface area contributed by atoms with Crippen LogP contribution in [0.2, 0.25) is 0 Å². The van der Waals surface area contributed by atoms with E-state index in [0.717, 1.165) is 19.3 Å². The van der Waals surface area contributed by atoms with E-state index < -0.39 is 6.04 Å². The fourth-order valence-corrected chi connectivity index (χ4v) is 1.73. The molecule has 3 heteroatoms. The number of ether oxygens (including phenoxy) is 1. The molecule has 106 valence electrons. The zero-order chi connectivity index (χ0) is 14.3. The van der Waals surface area contributed by atoms with Crippen molar-refractivity contribution in [2.75, 3.05) is 6.61 Å². The number of hydrogen-bond acceptors (Lipinski definition) is 3. The van der Waals surface area contributed by atoms with E-state index in [1.54, 1.807) is 0 Å². The van der Waals surface area contributed by atoms with Gasteiger partial charge in [0.25, 0.3) is 0 Å². The van der Waals surface area contributed by atoms with Crippen molar-refractivity contribution in [1.82, 2.24) is 0 Å². The van der Waals surface area contributed by atoms with Crippen LogP contribution in [0.5, 0.6) is 0 Å². The van der Waals surface area contributed by atoms with Gasteiger partial charge < -0.3 is 10.5 Å². The van der Waals surface area contributed by atoms with E-state index in [1.165, 1.54) is 11.1 Å². The van der Waals surface area contributed by atoms with Crippen molar-refractivity contribution in [3.63, 3.8) is 0 Å². The highest BCUT2D eigenvalue weighted by atomic mass is 16.5. The van der Waals surface area contributed by atoms with Gasteiger partial charge in [0.2, 0.25) is 0 Å². The highest BCUT2D eigenvalue weighted by Gasteiger charge is 2.18. The van der Waals surface area contributed by atoms with Crippen LogP contribution >= 0.6 is 0 Å². The maximum absolute atomic E-state index is 11.5. The first-order valence-electron chi connectivity index (χ1n) is 6.98. The largest absolute Gasteiger partial charge is 0.465 e. The van der Waals surface area contributed by atoms with Crippen molar-refractivity contribution < 1.29 is 9.53 Å². The molecule has 0 aliphatic heterocycles. The first-order valence-corrected chi connectivity index (χ1v) is 6.98. The molecule has 0 aromatic heterocycles. The predicted octanol–water partition coefficient (Wildman–Crippen LogP) is 2.84. The van der Waals surface area contributed by atoms with E-state index in [0.29, 0.717) is 6.61 Å². The molecule has 0 heterocycles. The minimum absolute atomic E-state index is 0.125. The molecule has 0 radical (unpaired) electrons. The summed E-state index contributed by atoms with van der Waals surface area (Å²) in [4.78, 5) is 11.5. The third-order valence-corrected chi connectivity index (χ3v) is 3.22. The molecule has 0 spiro atoms. The molecule has 0 aliphatic rings. The molecule has 0 amide bonds. The summed E-state index contributed by atoms with van der Waals surface area (Å²) in [5.41, 5.74) is 8.31. The molecule has 0 fully saturated rings. The third kappa shape index (κ3) is 5.88. The molecule has 0 aliphatic carbocycles. The number of carbonyl (C=O) groups is 1. The van der Waals surface area contributed by atoms with Gasteiger partial charge in [-0.15, -0.1) is 0 Å². The lowest BCUT2D eigenvalue weighted by Crippen LogP contribution is -2.37. The van der Waals surface area contributed by atoms with E-state index >= 15 is 0 Å². The Hall–Kier alpha value is -1.35. The Morgan fingerprint density at radius 2 is 1.84 bits per heavy atom. The van der Waals surface area contributed by atoms with E-state index in [-0.39, 0.29) is 11.9 Å². The molecule has 1 aromatic carbocycles. The minimum Gasteiger partial charge on any atom is -0.465 e. The highest BCUT2D eigenvalue weighted by molar-refractivity contribution is 5.75. The van der Waals surface area contributed by atoms with Crippen LogP contribution in [0.15, 0.2) is 24.3 Å². The average molecular weight is 263 g/mol. The summed E-state index contributed by atoms with van der Waals surface area (Å²) in [7, 11) is 0. The number of hydrogen-bond donors (Lipinski definition) is 1. The van der Waals surface area contributed by atoms with Crippen LogP contribution in [0.25, 0.3) is 0 Å². The summed E-state index contributed by atoms with van der Waals surface area (Å²) in [5.74, 6) is -0.162. The maximum atomic E-state index is 11.5. The summed E-state index contributed by atoms with van der Waals surface area (Å²) in [6.07, 6.45) is 2.92. The number of benzene rings is 1. The number of unbranched alkanes of at least 4 members (excludes halogenated alkanes) is 1. The number of nitrogens with two attached hydrogens (primary N) is 1. The molecule has 1 rings (SSSR count). The predicted molar refractivity (Wildman–Crippen MR) is 77.9 cm³/mol. The molecule has 0 saturated carbocycles. The van der Waals surface area contributed by atoms with Crippen LogP contribution < -0.4 is 5.73 Å². The Balaban J connectivity index is 2.14. The van der Waals surface area contributed by atoms with Crippen LogP contribution in [0.3, 0.4) is 0 Å². The maximum Gasteiger partial charge on any atom is 0.323 e. The molecule has 19 heavy (non-hydrogen) atoms. The zero-order valence-electron chi connectivity index (χ0n) is 12.2. The van der Waals surface area contributed by atoms with Crippen molar-refractivity contribution in [3.05, 3.63) is 35.4 Å². The quantitative estimate of drug-likeness (QED) is 0.608. The van der Waals surface area contributed by atoms with E-state index in [1.807, 2.05) is 13.8 Å². The lowest BCUT2D eigenvalue weighted by Gasteiger charge is -2.14. The summed E-state index contributed by atoms with van der Waals surface area (Å²) in [5, 5.41) is 0. The molecule has 0 saturated heterocycles. The second-order valence-electron chi connectivity index (χ2n) is 5.38. The highest BCUT2D eigenvalue weighted by Crippen LogP contribution is 2.07. The molecule has 0 bridgehead atoms. The number of esters is 1. The summed E-state index contributed by atoms with van der Waals surface area (Å²) < 4.78 is 5.16. The Morgan fingerprint density at radius 1 is 1.21 bits per heavy atom. The van der Waals surface area contributed by atoms with Gasteiger partial charge in [-0.3, -0.25) is 4.79 Å². The second-order valence-corrected chi connectivity index (χ2v) is 5.38. The number of carbonyl (C=O) groups excluding carboxylic acids is 1. The third-order valence-electron chi connectivity index (χ3n) is 3.22. The van der Waals surface area contributed by atoms with Gasteiger partial charge in [0, 0.05) is 0 Å². The van der Waals surface area contributed by atoms with Gasteiger partial charge in [0.15, 0.2) is 0 Å². The van der Waals surface area contributed by atoms with Gasteiger partial charge in [-0.2, -0.15) is 0 Å². The van der Waals surface area contributed by atoms with Gasteiger partial charge in [-0.05, 0) is 37.7 Å². The van der Waals surface area contributed by atoms with Gasteiger partial charge >= 0.3 is 5.97 Å². The van der Waals surface area contributed by atoms with Crippen LogP contribution in [0, 0.1) is 12.8 Å². The van der Waals surface area contributed by atoms with Crippen LogP contribution in [0.4, 0.5) is 0 Å². The number of aryl methyl sites for hydroxylation is 2. The van der Waals surface area contributed by atoms with Crippen molar-refractivity contribution in [2.24, 2.45) is 11.7 Å². The SMILES string of the molecule is Cc1ccc(CCCCOC(=O)[C@@H](N)C(C)C)cc1. The molecular formula is C16H25NO2. The van der Waals surface area contributed by atoms with Crippen LogP contribution in [-0.4, -0.2) is 18.6 Å². The standard InChI is InChI=1S/C16H25NO2/c1-12(2)15(17)16(18)19-11-5-4-6-14-9-7-13(3)8-10-14/h7-10,12,15H,4-6,11,17H2,1-3H3/t15-/m0/s1. The first-order chi connectivity index (χ1) is 9.00. The lowest BCUT2D eigenvalue weighted by molar-refractivity contribution is -0.146. The fourth-order valence-electron chi connectivity index (χ4n) is 1.73. The molecule has 1 atom stereocenters. The summed E-state index contributed by atoms with van der Waals surface area (Å²) in [6, 6.07) is 8.04. The molecule has 1 aromatic rings. The average Bonchev–Trinajstić information content (AvgIpc) is 2.39. The monoisotopic (exact) mass is 263 g/mol.